The normalized spacial score (nSPS) is 15.1. The van der Waals surface area contributed by atoms with Crippen LogP contribution in [0.25, 0.3) is 0 Å². The molecule has 0 heterocycles. The van der Waals surface area contributed by atoms with Crippen molar-refractivity contribution in [2.24, 2.45) is 5.41 Å². The first-order valence-electron chi connectivity index (χ1n) is 14.6. The van der Waals surface area contributed by atoms with Crippen LogP contribution in [-0.2, 0) is 14.3 Å². The average molecular weight is 512 g/mol. The van der Waals surface area contributed by atoms with Gasteiger partial charge in [0, 0.05) is 24.7 Å². The number of allylic oxidation sites excluding steroid dienone is 1. The number of ketones is 2. The van der Waals surface area contributed by atoms with E-state index in [4.69, 9.17) is 4.74 Å². The number of hydrogen-bond donors (Lipinski definition) is 1. The Kier molecular flexibility index (Phi) is 14.3. The molecule has 0 radical (unpaired) electrons. The van der Waals surface area contributed by atoms with Crippen molar-refractivity contribution in [3.05, 3.63) is 41.6 Å². The van der Waals surface area contributed by atoms with Crippen LogP contribution in [0, 0.1) is 5.41 Å². The molecule has 5 nitrogen and oxygen atoms in total. The van der Waals surface area contributed by atoms with Gasteiger partial charge in [0.05, 0.1) is 17.7 Å². The van der Waals surface area contributed by atoms with Crippen molar-refractivity contribution in [2.45, 2.75) is 124 Å². The Morgan fingerprint density at radius 2 is 1.24 bits per heavy atom. The molecule has 2 rings (SSSR count). The highest BCUT2D eigenvalue weighted by Gasteiger charge is 2.35. The first-order valence-corrected chi connectivity index (χ1v) is 14.6. The van der Waals surface area contributed by atoms with E-state index in [1.54, 1.807) is 24.3 Å². The van der Waals surface area contributed by atoms with Crippen molar-refractivity contribution in [1.82, 2.24) is 0 Å². The summed E-state index contributed by atoms with van der Waals surface area (Å²) in [6, 6.07) is 6.90. The van der Waals surface area contributed by atoms with Crippen LogP contribution in [-0.4, -0.2) is 24.1 Å². The van der Waals surface area contributed by atoms with Gasteiger partial charge in [0.2, 0.25) is 0 Å². The number of nitrogens with one attached hydrogen (secondary N) is 1. The zero-order valence-corrected chi connectivity index (χ0v) is 23.5. The lowest BCUT2D eigenvalue weighted by Crippen LogP contribution is -2.31. The van der Waals surface area contributed by atoms with E-state index >= 15 is 0 Å². The highest BCUT2D eigenvalue weighted by molar-refractivity contribution is 6.22. The molecule has 0 aromatic heterocycles. The second-order valence-electron chi connectivity index (χ2n) is 11.4. The monoisotopic (exact) mass is 511 g/mol. The van der Waals surface area contributed by atoms with Crippen LogP contribution in [0.3, 0.4) is 0 Å². The fraction of sp³-hybridized carbons (Fsp3) is 0.656. The summed E-state index contributed by atoms with van der Waals surface area (Å²) >= 11 is 0. The number of esters is 1. The molecule has 5 heteroatoms. The van der Waals surface area contributed by atoms with Gasteiger partial charge in [-0.15, -0.1) is 0 Å². The predicted octanol–water partition coefficient (Wildman–Crippen LogP) is 8.58. The Hall–Kier alpha value is -2.43. The van der Waals surface area contributed by atoms with E-state index in [0.717, 1.165) is 12.8 Å². The summed E-state index contributed by atoms with van der Waals surface area (Å²) in [5.41, 5.74) is 1.15. The number of rotatable bonds is 18. The van der Waals surface area contributed by atoms with Crippen molar-refractivity contribution in [2.75, 3.05) is 11.9 Å². The van der Waals surface area contributed by atoms with Crippen molar-refractivity contribution in [3.8, 4) is 0 Å². The number of hydrogen-bond acceptors (Lipinski definition) is 5. The Labute approximate surface area is 224 Å². The van der Waals surface area contributed by atoms with Gasteiger partial charge in [0.25, 0.3) is 0 Å². The lowest BCUT2D eigenvalue weighted by Gasteiger charge is -2.28. The standard InChI is InChI=1S/C32H49NO4/c1-4-5-6-7-8-9-10-11-12-13-14-15-16-17-22-37-31(36)26-18-20-27(21-19-26)33-25-28-29(34)23-32(2,3)24-30(28)35/h18-21,25,33H,4-17,22-24H2,1-3H3. The molecule has 1 aliphatic rings. The fourth-order valence-electron chi connectivity index (χ4n) is 4.84. The molecule has 206 valence electrons. The Morgan fingerprint density at radius 1 is 0.784 bits per heavy atom. The van der Waals surface area contributed by atoms with E-state index in [0.29, 0.717) is 30.7 Å². The quantitative estimate of drug-likeness (QED) is 0.0924. The number of anilines is 1. The number of benzene rings is 1. The fourth-order valence-corrected chi connectivity index (χ4v) is 4.84. The SMILES string of the molecule is CCCCCCCCCCCCCCCCOC(=O)c1ccc(NC=C2C(=O)CC(C)(C)CC2=O)cc1. The Morgan fingerprint density at radius 3 is 1.73 bits per heavy atom. The molecular weight excluding hydrogens is 462 g/mol. The molecule has 0 saturated heterocycles. The first kappa shape index (κ1) is 30.8. The maximum absolute atomic E-state index is 12.3. The maximum Gasteiger partial charge on any atom is 0.338 e. The van der Waals surface area contributed by atoms with Gasteiger partial charge in [-0.1, -0.05) is 104 Å². The predicted molar refractivity (Wildman–Crippen MR) is 152 cm³/mol. The smallest absolute Gasteiger partial charge is 0.338 e. The number of carbonyl (C=O) groups is 3. The highest BCUT2D eigenvalue weighted by atomic mass is 16.5. The van der Waals surface area contributed by atoms with Gasteiger partial charge in [0.15, 0.2) is 11.6 Å². The molecule has 0 amide bonds. The third-order valence-corrected chi connectivity index (χ3v) is 7.11. The summed E-state index contributed by atoms with van der Waals surface area (Å²) in [5.74, 6) is -0.575. The summed E-state index contributed by atoms with van der Waals surface area (Å²) in [7, 11) is 0. The number of carbonyl (C=O) groups excluding carboxylic acids is 3. The average Bonchev–Trinajstić information content (AvgIpc) is 2.85. The topological polar surface area (TPSA) is 72.5 Å². The third-order valence-electron chi connectivity index (χ3n) is 7.11. The highest BCUT2D eigenvalue weighted by Crippen LogP contribution is 2.33. The minimum absolute atomic E-state index is 0.127. The van der Waals surface area contributed by atoms with Crippen LogP contribution in [0.5, 0.6) is 0 Å². The lowest BCUT2D eigenvalue weighted by molar-refractivity contribution is -0.127. The van der Waals surface area contributed by atoms with Crippen LogP contribution in [0.2, 0.25) is 0 Å². The molecule has 0 bridgehead atoms. The first-order chi connectivity index (χ1) is 17.8. The van der Waals surface area contributed by atoms with Crippen LogP contribution in [0.1, 0.15) is 134 Å². The summed E-state index contributed by atoms with van der Waals surface area (Å²) in [6.07, 6.45) is 20.4. The Bertz CT molecular complexity index is 847. The third kappa shape index (κ3) is 12.6. The van der Waals surface area contributed by atoms with Crippen LogP contribution in [0.15, 0.2) is 36.0 Å². The summed E-state index contributed by atoms with van der Waals surface area (Å²) in [4.78, 5) is 36.9. The van der Waals surface area contributed by atoms with E-state index in [2.05, 4.69) is 12.2 Å². The number of unbranched alkanes of at least 4 members (excludes halogenated alkanes) is 13. The zero-order valence-electron chi connectivity index (χ0n) is 23.5. The second kappa shape index (κ2) is 17.1. The second-order valence-corrected chi connectivity index (χ2v) is 11.4. The van der Waals surface area contributed by atoms with E-state index in [1.165, 1.54) is 83.2 Å². The van der Waals surface area contributed by atoms with Gasteiger partial charge in [-0.2, -0.15) is 0 Å². The van der Waals surface area contributed by atoms with Crippen molar-refractivity contribution < 1.29 is 19.1 Å². The molecule has 1 fully saturated rings. The van der Waals surface area contributed by atoms with Crippen molar-refractivity contribution in [1.29, 1.82) is 0 Å². The Balaban J connectivity index is 1.53. The van der Waals surface area contributed by atoms with Gasteiger partial charge in [0.1, 0.15) is 0 Å². The molecule has 37 heavy (non-hydrogen) atoms. The molecule has 0 spiro atoms. The molecule has 1 N–H and O–H groups in total. The molecule has 0 aliphatic heterocycles. The molecule has 1 aromatic rings. The van der Waals surface area contributed by atoms with E-state index in [1.807, 2.05) is 13.8 Å². The molecule has 0 unspecified atom stereocenters. The van der Waals surface area contributed by atoms with E-state index < -0.39 is 0 Å². The number of Topliss-reactive ketones (excluding diaryl/α,β-unsaturated/α-hetero) is 2. The minimum atomic E-state index is -0.320. The van der Waals surface area contributed by atoms with Gasteiger partial charge < -0.3 is 10.1 Å². The summed E-state index contributed by atoms with van der Waals surface area (Å²) in [6.45, 7) is 6.58. The minimum Gasteiger partial charge on any atom is -0.462 e. The van der Waals surface area contributed by atoms with Gasteiger partial charge in [-0.3, -0.25) is 9.59 Å². The van der Waals surface area contributed by atoms with Crippen molar-refractivity contribution >= 4 is 23.2 Å². The van der Waals surface area contributed by atoms with Gasteiger partial charge in [-0.05, 0) is 36.1 Å². The molecule has 1 saturated carbocycles. The maximum atomic E-state index is 12.3. The summed E-state index contributed by atoms with van der Waals surface area (Å²) < 4.78 is 5.42. The zero-order chi connectivity index (χ0) is 26.9. The van der Waals surface area contributed by atoms with E-state index in [-0.39, 0.29) is 28.5 Å². The van der Waals surface area contributed by atoms with Gasteiger partial charge in [-0.25, -0.2) is 4.79 Å². The molecule has 0 atom stereocenters. The van der Waals surface area contributed by atoms with Gasteiger partial charge >= 0.3 is 5.97 Å². The largest absolute Gasteiger partial charge is 0.462 e. The van der Waals surface area contributed by atoms with E-state index in [9.17, 15) is 14.4 Å². The summed E-state index contributed by atoms with van der Waals surface area (Å²) in [5, 5.41) is 3.01. The van der Waals surface area contributed by atoms with Crippen LogP contribution < -0.4 is 5.32 Å². The van der Waals surface area contributed by atoms with Crippen LogP contribution in [0.4, 0.5) is 5.69 Å². The van der Waals surface area contributed by atoms with Crippen LogP contribution >= 0.6 is 0 Å². The lowest BCUT2D eigenvalue weighted by atomic mass is 9.74. The molecule has 1 aliphatic carbocycles. The molecule has 1 aromatic carbocycles. The molecular formula is C32H49NO4. The number of ether oxygens (including phenoxy) is 1. The van der Waals surface area contributed by atoms with Crippen molar-refractivity contribution in [3.63, 3.8) is 0 Å².